The van der Waals surface area contributed by atoms with Crippen LogP contribution in [0, 0.1) is 11.8 Å². The van der Waals surface area contributed by atoms with Gasteiger partial charge in [0.05, 0.1) is 0 Å². The molecule has 0 bridgehead atoms. The third-order valence-electron chi connectivity index (χ3n) is 3.62. The quantitative estimate of drug-likeness (QED) is 0.755. The molecule has 0 aromatic carbocycles. The lowest BCUT2D eigenvalue weighted by Gasteiger charge is -2.15. The van der Waals surface area contributed by atoms with Crippen LogP contribution in [0.4, 0.5) is 0 Å². The van der Waals surface area contributed by atoms with Crippen molar-refractivity contribution in [2.24, 2.45) is 11.8 Å². The molecule has 1 heterocycles. The zero-order valence-corrected chi connectivity index (χ0v) is 10.4. The van der Waals surface area contributed by atoms with E-state index in [9.17, 15) is 0 Å². The van der Waals surface area contributed by atoms with Gasteiger partial charge in [-0.1, -0.05) is 19.8 Å². The molecule has 0 spiro atoms. The van der Waals surface area contributed by atoms with Crippen molar-refractivity contribution in [1.29, 1.82) is 0 Å². The van der Waals surface area contributed by atoms with Crippen molar-refractivity contribution in [2.75, 3.05) is 13.1 Å². The number of hydrogen-bond donors (Lipinski definition) is 1. The van der Waals surface area contributed by atoms with Gasteiger partial charge in [-0.25, -0.2) is 0 Å². The second-order valence-electron chi connectivity index (χ2n) is 4.75. The minimum Gasteiger partial charge on any atom is -0.316 e. The van der Waals surface area contributed by atoms with Gasteiger partial charge in [0.1, 0.15) is 0 Å². The van der Waals surface area contributed by atoms with Gasteiger partial charge in [0.15, 0.2) is 0 Å². The minimum absolute atomic E-state index is 0.937. The van der Waals surface area contributed by atoms with Crippen LogP contribution in [0.1, 0.15) is 31.7 Å². The number of rotatable bonds is 5. The predicted octanol–water partition coefficient (Wildman–Crippen LogP) is 3.32. The van der Waals surface area contributed by atoms with Gasteiger partial charge in [0.25, 0.3) is 0 Å². The Morgan fingerprint density at radius 3 is 3.07 bits per heavy atom. The monoisotopic (exact) mass is 223 g/mol. The summed E-state index contributed by atoms with van der Waals surface area (Å²) in [6.45, 7) is 4.77. The molecule has 1 aromatic heterocycles. The molecular weight excluding hydrogens is 202 g/mol. The molecule has 1 aliphatic carbocycles. The zero-order valence-electron chi connectivity index (χ0n) is 9.54. The Labute approximate surface area is 96.9 Å². The molecule has 84 valence electrons. The van der Waals surface area contributed by atoms with Crippen molar-refractivity contribution >= 4 is 11.3 Å². The number of nitrogens with one attached hydrogen (secondary N) is 1. The lowest BCUT2D eigenvalue weighted by molar-refractivity contribution is 0.394. The van der Waals surface area contributed by atoms with E-state index in [1.54, 1.807) is 11.3 Å². The van der Waals surface area contributed by atoms with Crippen LogP contribution in [-0.2, 0) is 6.42 Å². The Kier molecular flexibility index (Phi) is 4.21. The van der Waals surface area contributed by atoms with Crippen LogP contribution < -0.4 is 5.32 Å². The first-order chi connectivity index (χ1) is 7.36. The summed E-state index contributed by atoms with van der Waals surface area (Å²) in [4.78, 5) is 0. The maximum atomic E-state index is 3.60. The third kappa shape index (κ3) is 3.32. The van der Waals surface area contributed by atoms with E-state index in [0.29, 0.717) is 0 Å². The second kappa shape index (κ2) is 5.66. The summed E-state index contributed by atoms with van der Waals surface area (Å²) in [5, 5.41) is 8.01. The summed E-state index contributed by atoms with van der Waals surface area (Å²) in [6.07, 6.45) is 5.51. The summed E-state index contributed by atoms with van der Waals surface area (Å²) < 4.78 is 0. The van der Waals surface area contributed by atoms with Gasteiger partial charge >= 0.3 is 0 Å². The largest absolute Gasteiger partial charge is 0.316 e. The van der Waals surface area contributed by atoms with Crippen LogP contribution in [0.25, 0.3) is 0 Å². The highest BCUT2D eigenvalue weighted by Gasteiger charge is 2.22. The first kappa shape index (κ1) is 11.2. The van der Waals surface area contributed by atoms with Crippen molar-refractivity contribution in [3.8, 4) is 0 Å². The van der Waals surface area contributed by atoms with E-state index >= 15 is 0 Å². The summed E-state index contributed by atoms with van der Waals surface area (Å²) >= 11 is 1.80. The Hall–Kier alpha value is -0.340. The highest BCUT2D eigenvalue weighted by atomic mass is 32.1. The van der Waals surface area contributed by atoms with E-state index in [1.807, 2.05) is 0 Å². The molecule has 15 heavy (non-hydrogen) atoms. The molecule has 0 radical (unpaired) electrons. The smallest absolute Gasteiger partial charge is 0.000794 e. The van der Waals surface area contributed by atoms with Crippen molar-refractivity contribution in [2.45, 2.75) is 32.6 Å². The molecule has 1 saturated carbocycles. The molecule has 1 fully saturated rings. The van der Waals surface area contributed by atoms with Crippen molar-refractivity contribution in [3.05, 3.63) is 22.4 Å². The molecule has 1 aromatic rings. The van der Waals surface area contributed by atoms with E-state index in [-0.39, 0.29) is 0 Å². The third-order valence-corrected chi connectivity index (χ3v) is 4.35. The Morgan fingerprint density at radius 2 is 2.40 bits per heavy atom. The van der Waals surface area contributed by atoms with Gasteiger partial charge in [-0.15, -0.1) is 0 Å². The summed E-state index contributed by atoms with van der Waals surface area (Å²) in [5.74, 6) is 1.88. The van der Waals surface area contributed by atoms with Gasteiger partial charge in [-0.3, -0.25) is 0 Å². The summed E-state index contributed by atoms with van der Waals surface area (Å²) in [7, 11) is 0. The van der Waals surface area contributed by atoms with Gasteiger partial charge in [0.2, 0.25) is 0 Å². The maximum Gasteiger partial charge on any atom is -0.000794 e. The molecule has 1 aliphatic rings. The molecule has 0 aliphatic heterocycles. The van der Waals surface area contributed by atoms with E-state index in [0.717, 1.165) is 18.4 Å². The van der Waals surface area contributed by atoms with Crippen LogP contribution in [0.15, 0.2) is 16.8 Å². The first-order valence-electron chi connectivity index (χ1n) is 6.08. The fourth-order valence-electron chi connectivity index (χ4n) is 2.48. The molecule has 2 rings (SSSR count). The molecule has 1 nitrogen and oxygen atoms in total. The molecule has 2 unspecified atom stereocenters. The molecule has 0 saturated heterocycles. The topological polar surface area (TPSA) is 12.0 Å². The van der Waals surface area contributed by atoms with Crippen molar-refractivity contribution in [1.82, 2.24) is 5.32 Å². The van der Waals surface area contributed by atoms with Crippen LogP contribution in [0.5, 0.6) is 0 Å². The predicted molar refractivity (Wildman–Crippen MR) is 67.4 cm³/mol. The standard InChI is InChI=1S/C13H21NS/c1-11-3-2-4-13(11)9-14-7-5-12-6-8-15-10-12/h6,8,10-11,13-14H,2-5,7,9H2,1H3. The van der Waals surface area contributed by atoms with E-state index in [2.05, 4.69) is 29.1 Å². The lowest BCUT2D eigenvalue weighted by Crippen LogP contribution is -2.26. The molecule has 0 amide bonds. The molecular formula is C13H21NS. The molecule has 2 heteroatoms. The van der Waals surface area contributed by atoms with E-state index in [4.69, 9.17) is 0 Å². The van der Waals surface area contributed by atoms with Crippen molar-refractivity contribution in [3.63, 3.8) is 0 Å². The van der Waals surface area contributed by atoms with E-state index in [1.165, 1.54) is 37.8 Å². The van der Waals surface area contributed by atoms with Gasteiger partial charge in [-0.05, 0) is 60.2 Å². The first-order valence-corrected chi connectivity index (χ1v) is 7.02. The van der Waals surface area contributed by atoms with Crippen LogP contribution in [0.2, 0.25) is 0 Å². The average Bonchev–Trinajstić information content (AvgIpc) is 2.85. The average molecular weight is 223 g/mol. The van der Waals surface area contributed by atoms with Crippen LogP contribution in [-0.4, -0.2) is 13.1 Å². The molecule has 1 N–H and O–H groups in total. The fourth-order valence-corrected chi connectivity index (χ4v) is 3.18. The van der Waals surface area contributed by atoms with Crippen LogP contribution >= 0.6 is 11.3 Å². The number of thiophene rings is 1. The van der Waals surface area contributed by atoms with Crippen molar-refractivity contribution < 1.29 is 0 Å². The van der Waals surface area contributed by atoms with Crippen LogP contribution in [0.3, 0.4) is 0 Å². The van der Waals surface area contributed by atoms with Gasteiger partial charge < -0.3 is 5.32 Å². The zero-order chi connectivity index (χ0) is 10.5. The summed E-state index contributed by atoms with van der Waals surface area (Å²) in [6, 6.07) is 2.23. The Bertz CT molecular complexity index is 268. The Balaban J connectivity index is 1.59. The highest BCUT2D eigenvalue weighted by molar-refractivity contribution is 7.07. The normalized spacial score (nSPS) is 25.9. The fraction of sp³-hybridized carbons (Fsp3) is 0.692. The SMILES string of the molecule is CC1CCCC1CNCCc1ccsc1. The Morgan fingerprint density at radius 1 is 1.47 bits per heavy atom. The van der Waals surface area contributed by atoms with E-state index < -0.39 is 0 Å². The summed E-state index contributed by atoms with van der Waals surface area (Å²) in [5.41, 5.74) is 1.48. The van der Waals surface area contributed by atoms with Gasteiger partial charge in [0, 0.05) is 0 Å². The second-order valence-corrected chi connectivity index (χ2v) is 5.53. The highest BCUT2D eigenvalue weighted by Crippen LogP contribution is 2.30. The lowest BCUT2D eigenvalue weighted by atomic mass is 9.98. The maximum absolute atomic E-state index is 3.60. The number of hydrogen-bond acceptors (Lipinski definition) is 2. The van der Waals surface area contributed by atoms with Gasteiger partial charge in [-0.2, -0.15) is 11.3 Å². The molecule has 2 atom stereocenters. The minimum atomic E-state index is 0.937.